The minimum atomic E-state index is -2.75. The van der Waals surface area contributed by atoms with Gasteiger partial charge in [0.2, 0.25) is 0 Å². The summed E-state index contributed by atoms with van der Waals surface area (Å²) in [7, 11) is 0. The van der Waals surface area contributed by atoms with Gasteiger partial charge < -0.3 is 4.74 Å². The first-order valence-corrected chi connectivity index (χ1v) is 6.19. The van der Waals surface area contributed by atoms with Crippen molar-refractivity contribution in [1.82, 2.24) is 4.98 Å². The Kier molecular flexibility index (Phi) is 5.51. The number of pyridine rings is 1. The predicted molar refractivity (Wildman–Crippen MR) is 67.3 cm³/mol. The van der Waals surface area contributed by atoms with Crippen LogP contribution in [0, 0.1) is 3.57 Å². The number of hydrogen-bond acceptors (Lipinski definition) is 3. The molecule has 0 radical (unpaired) electrons. The molecule has 1 aromatic rings. The van der Waals surface area contributed by atoms with Crippen LogP contribution in [0.4, 0.5) is 8.78 Å². The number of ether oxygens (including phenoxy) is 1. The normalized spacial score (nSPS) is 10.7. The maximum absolute atomic E-state index is 12.7. The summed E-state index contributed by atoms with van der Waals surface area (Å²) in [6, 6.07) is 0. The molecule has 0 N–H and O–H groups in total. The highest BCUT2D eigenvalue weighted by Gasteiger charge is 2.21. The minimum Gasteiger partial charge on any atom is -0.466 e. The molecule has 0 aliphatic carbocycles. The Hall–Kier alpha value is -0.500. The summed E-state index contributed by atoms with van der Waals surface area (Å²) >= 11 is 7.60. The monoisotopic (exact) mass is 375 g/mol. The van der Waals surface area contributed by atoms with Gasteiger partial charge in [0.15, 0.2) is 0 Å². The van der Waals surface area contributed by atoms with Crippen LogP contribution < -0.4 is 0 Å². The molecule has 7 heteroatoms. The van der Waals surface area contributed by atoms with Crippen LogP contribution in [0.2, 0.25) is 5.02 Å². The van der Waals surface area contributed by atoms with E-state index in [9.17, 15) is 13.6 Å². The number of carbonyl (C=O) groups is 1. The van der Waals surface area contributed by atoms with Gasteiger partial charge in [-0.05, 0) is 29.5 Å². The summed E-state index contributed by atoms with van der Waals surface area (Å²) < 4.78 is 30.6. The van der Waals surface area contributed by atoms with Crippen LogP contribution in [0.5, 0.6) is 0 Å². The number of nitrogens with zero attached hydrogens (tertiary/aromatic N) is 1. The van der Waals surface area contributed by atoms with Gasteiger partial charge in [-0.2, -0.15) is 0 Å². The highest BCUT2D eigenvalue weighted by Crippen LogP contribution is 2.29. The van der Waals surface area contributed by atoms with Crippen molar-refractivity contribution >= 4 is 40.2 Å². The molecule has 1 heterocycles. The Morgan fingerprint density at radius 1 is 1.65 bits per heavy atom. The van der Waals surface area contributed by atoms with Gasteiger partial charge in [0, 0.05) is 15.3 Å². The van der Waals surface area contributed by atoms with E-state index in [1.165, 1.54) is 0 Å². The lowest BCUT2D eigenvalue weighted by Gasteiger charge is -2.10. The lowest BCUT2D eigenvalue weighted by molar-refractivity contribution is -0.142. The molecule has 0 spiro atoms. The summed E-state index contributed by atoms with van der Waals surface area (Å²) in [5.74, 6) is -0.573. The molecule has 1 aromatic heterocycles. The smallest absolute Gasteiger partial charge is 0.310 e. The van der Waals surface area contributed by atoms with Crippen LogP contribution in [0.3, 0.4) is 0 Å². The molecule has 17 heavy (non-hydrogen) atoms. The highest BCUT2D eigenvalue weighted by molar-refractivity contribution is 14.1. The van der Waals surface area contributed by atoms with Gasteiger partial charge in [-0.25, -0.2) is 8.78 Å². The summed E-state index contributed by atoms with van der Waals surface area (Å²) in [6.45, 7) is 1.85. The molecule has 0 bridgehead atoms. The van der Waals surface area contributed by atoms with E-state index in [0.29, 0.717) is 3.57 Å². The lowest BCUT2D eigenvalue weighted by atomic mass is 10.1. The Balaban J connectivity index is 3.10. The van der Waals surface area contributed by atoms with Crippen LogP contribution in [-0.2, 0) is 16.0 Å². The van der Waals surface area contributed by atoms with E-state index in [-0.39, 0.29) is 23.6 Å². The van der Waals surface area contributed by atoms with Crippen molar-refractivity contribution in [3.8, 4) is 0 Å². The second kappa shape index (κ2) is 6.44. The van der Waals surface area contributed by atoms with Gasteiger partial charge in [0.25, 0.3) is 6.43 Å². The zero-order chi connectivity index (χ0) is 13.0. The van der Waals surface area contributed by atoms with Crippen molar-refractivity contribution in [1.29, 1.82) is 0 Å². The molecule has 0 atom stereocenters. The quantitative estimate of drug-likeness (QED) is 0.598. The Bertz CT molecular complexity index is 429. The summed E-state index contributed by atoms with van der Waals surface area (Å²) in [5, 5.41) is 0.245. The van der Waals surface area contributed by atoms with E-state index >= 15 is 0 Å². The third kappa shape index (κ3) is 3.74. The van der Waals surface area contributed by atoms with E-state index in [4.69, 9.17) is 16.3 Å². The summed E-state index contributed by atoms with van der Waals surface area (Å²) in [6.07, 6.45) is -1.84. The first kappa shape index (κ1) is 14.6. The number of carbonyl (C=O) groups excluding carboxylic acids is 1. The van der Waals surface area contributed by atoms with Crippen LogP contribution in [0.15, 0.2) is 6.20 Å². The highest BCUT2D eigenvalue weighted by atomic mass is 127. The number of alkyl halides is 2. The molecular formula is C10H9ClF2INO2. The Labute approximate surface area is 116 Å². The third-order valence-electron chi connectivity index (χ3n) is 1.93. The lowest BCUT2D eigenvalue weighted by Crippen LogP contribution is -2.12. The molecule has 3 nitrogen and oxygen atoms in total. The average Bonchev–Trinajstić information content (AvgIpc) is 2.25. The molecule has 0 saturated carbocycles. The molecular weight excluding hydrogens is 366 g/mol. The summed E-state index contributed by atoms with van der Waals surface area (Å²) in [4.78, 5) is 14.9. The SMILES string of the molecule is CCOC(=O)Cc1c(C(F)F)ncc(Cl)c1I. The molecule has 94 valence electrons. The van der Waals surface area contributed by atoms with Crippen LogP contribution >= 0.6 is 34.2 Å². The Morgan fingerprint density at radius 3 is 2.82 bits per heavy atom. The third-order valence-corrected chi connectivity index (χ3v) is 3.77. The predicted octanol–water partition coefficient (Wildman–Crippen LogP) is 3.38. The second-order valence-corrected chi connectivity index (χ2v) is 4.55. The van der Waals surface area contributed by atoms with Crippen molar-refractivity contribution in [2.45, 2.75) is 19.8 Å². The molecule has 0 unspecified atom stereocenters. The van der Waals surface area contributed by atoms with E-state index in [0.717, 1.165) is 6.20 Å². The molecule has 0 aromatic carbocycles. The zero-order valence-corrected chi connectivity index (χ0v) is 11.8. The molecule has 0 saturated heterocycles. The fourth-order valence-electron chi connectivity index (χ4n) is 1.23. The largest absolute Gasteiger partial charge is 0.466 e. The molecule has 0 fully saturated rings. The van der Waals surface area contributed by atoms with E-state index in [1.54, 1.807) is 6.92 Å². The fourth-order valence-corrected chi connectivity index (χ4v) is 2.00. The van der Waals surface area contributed by atoms with Gasteiger partial charge in [0.05, 0.1) is 18.1 Å². The van der Waals surface area contributed by atoms with E-state index in [2.05, 4.69) is 4.98 Å². The topological polar surface area (TPSA) is 39.2 Å². The number of hydrogen-bond donors (Lipinski definition) is 0. The summed E-state index contributed by atoms with van der Waals surface area (Å²) in [5.41, 5.74) is -0.293. The van der Waals surface area contributed by atoms with Gasteiger partial charge in [0.1, 0.15) is 5.69 Å². The van der Waals surface area contributed by atoms with Gasteiger partial charge in [-0.1, -0.05) is 11.6 Å². The standard InChI is InChI=1S/C10H9ClF2INO2/c1-2-17-7(16)3-5-8(14)6(11)4-15-9(5)10(12)13/h4,10H,2-3H2,1H3. The van der Waals surface area contributed by atoms with Gasteiger partial charge >= 0.3 is 5.97 Å². The molecule has 0 aliphatic rings. The van der Waals surface area contributed by atoms with E-state index < -0.39 is 18.1 Å². The van der Waals surface area contributed by atoms with Crippen LogP contribution in [0.25, 0.3) is 0 Å². The Morgan fingerprint density at radius 2 is 2.29 bits per heavy atom. The van der Waals surface area contributed by atoms with Crippen LogP contribution in [0.1, 0.15) is 24.6 Å². The first-order valence-electron chi connectivity index (χ1n) is 4.73. The van der Waals surface area contributed by atoms with E-state index in [1.807, 2.05) is 22.6 Å². The first-order chi connectivity index (χ1) is 7.97. The van der Waals surface area contributed by atoms with Crippen molar-refractivity contribution < 1.29 is 18.3 Å². The van der Waals surface area contributed by atoms with Crippen molar-refractivity contribution in [2.75, 3.05) is 6.61 Å². The minimum absolute atomic E-state index is 0.131. The number of halogens is 4. The number of aromatic nitrogens is 1. The maximum Gasteiger partial charge on any atom is 0.310 e. The average molecular weight is 376 g/mol. The van der Waals surface area contributed by atoms with Gasteiger partial charge in [-0.15, -0.1) is 0 Å². The number of esters is 1. The van der Waals surface area contributed by atoms with Crippen molar-refractivity contribution in [3.63, 3.8) is 0 Å². The molecule has 0 amide bonds. The van der Waals surface area contributed by atoms with Crippen molar-refractivity contribution in [3.05, 3.63) is 26.0 Å². The molecule has 0 aliphatic heterocycles. The number of rotatable bonds is 4. The fraction of sp³-hybridized carbons (Fsp3) is 0.400. The van der Waals surface area contributed by atoms with Crippen molar-refractivity contribution in [2.24, 2.45) is 0 Å². The zero-order valence-electron chi connectivity index (χ0n) is 8.84. The maximum atomic E-state index is 12.7. The van der Waals surface area contributed by atoms with Crippen LogP contribution in [-0.4, -0.2) is 17.6 Å². The molecule has 1 rings (SSSR count). The second-order valence-electron chi connectivity index (χ2n) is 3.07. The van der Waals surface area contributed by atoms with Gasteiger partial charge in [-0.3, -0.25) is 9.78 Å².